The second-order valence-corrected chi connectivity index (χ2v) is 7.22. The molecule has 1 unspecified atom stereocenters. The number of anilines is 1. The molecule has 5 rings (SSSR count). The lowest BCUT2D eigenvalue weighted by molar-refractivity contribution is -0.114. The number of benzene rings is 2. The summed E-state index contributed by atoms with van der Waals surface area (Å²) in [5.41, 5.74) is 4.67. The van der Waals surface area contributed by atoms with Gasteiger partial charge in [-0.25, -0.2) is 4.98 Å². The van der Waals surface area contributed by atoms with Crippen LogP contribution in [0.4, 0.5) is 5.82 Å². The Morgan fingerprint density at radius 2 is 1.97 bits per heavy atom. The van der Waals surface area contributed by atoms with Crippen molar-refractivity contribution in [3.63, 3.8) is 0 Å². The number of amides is 1. The van der Waals surface area contributed by atoms with Crippen molar-refractivity contribution in [1.82, 2.24) is 14.4 Å². The standard InChI is InChI=1S/C23H20N4O3/c1-3-30-15-10-8-14(9-11-15)19-16-6-4-5-7-17(16)20-21(19)27-18(25-13(2)28)12-24-22(27)23(29)26-20/h4-12,19H,3H2,1-2H3,(H,25,28)(H,26,29). The Bertz CT molecular complexity index is 1340. The Balaban J connectivity index is 1.80. The lowest BCUT2D eigenvalue weighted by Crippen LogP contribution is -2.18. The Morgan fingerprint density at radius 3 is 2.70 bits per heavy atom. The summed E-state index contributed by atoms with van der Waals surface area (Å²) < 4.78 is 7.35. The van der Waals surface area contributed by atoms with Gasteiger partial charge in [-0.15, -0.1) is 0 Å². The van der Waals surface area contributed by atoms with Gasteiger partial charge in [0.2, 0.25) is 11.6 Å². The third-order valence-electron chi connectivity index (χ3n) is 5.34. The molecule has 2 aromatic heterocycles. The minimum absolute atomic E-state index is 0.132. The zero-order chi connectivity index (χ0) is 20.8. The molecule has 7 nitrogen and oxygen atoms in total. The van der Waals surface area contributed by atoms with Crippen molar-refractivity contribution in [3.8, 4) is 17.0 Å². The first-order valence-corrected chi connectivity index (χ1v) is 9.81. The molecule has 0 saturated carbocycles. The highest BCUT2D eigenvalue weighted by atomic mass is 16.5. The number of aromatic nitrogens is 3. The van der Waals surface area contributed by atoms with Crippen molar-refractivity contribution >= 4 is 17.4 Å². The maximum atomic E-state index is 12.7. The van der Waals surface area contributed by atoms with Gasteiger partial charge in [-0.05, 0) is 30.2 Å². The fourth-order valence-electron chi connectivity index (χ4n) is 4.23. The second-order valence-electron chi connectivity index (χ2n) is 7.22. The van der Waals surface area contributed by atoms with Gasteiger partial charge >= 0.3 is 0 Å². The highest BCUT2D eigenvalue weighted by Gasteiger charge is 2.34. The number of nitrogens with one attached hydrogen (secondary N) is 2. The first-order valence-electron chi connectivity index (χ1n) is 9.81. The van der Waals surface area contributed by atoms with Crippen LogP contribution in [0.5, 0.6) is 5.75 Å². The lowest BCUT2D eigenvalue weighted by atomic mass is 9.92. The summed E-state index contributed by atoms with van der Waals surface area (Å²) in [4.78, 5) is 31.8. The molecule has 7 heteroatoms. The number of ether oxygens (including phenoxy) is 1. The molecule has 0 spiro atoms. The molecular weight excluding hydrogens is 380 g/mol. The maximum Gasteiger partial charge on any atom is 0.292 e. The van der Waals surface area contributed by atoms with E-state index in [4.69, 9.17) is 4.74 Å². The van der Waals surface area contributed by atoms with Crippen LogP contribution >= 0.6 is 0 Å². The molecule has 1 atom stereocenters. The summed E-state index contributed by atoms with van der Waals surface area (Å²) in [5.74, 6) is 0.927. The molecule has 1 amide bonds. The Morgan fingerprint density at radius 1 is 1.20 bits per heavy atom. The Labute approximate surface area is 172 Å². The number of hydrogen-bond donors (Lipinski definition) is 2. The van der Waals surface area contributed by atoms with Crippen molar-refractivity contribution in [1.29, 1.82) is 0 Å². The number of hydrogen-bond acceptors (Lipinski definition) is 4. The van der Waals surface area contributed by atoms with Gasteiger partial charge in [-0.1, -0.05) is 36.4 Å². The molecule has 0 radical (unpaired) electrons. The number of imidazole rings is 1. The number of fused-ring (bicyclic) bond motifs is 5. The van der Waals surface area contributed by atoms with Gasteiger partial charge < -0.3 is 15.0 Å². The molecule has 0 fully saturated rings. The van der Waals surface area contributed by atoms with Crippen molar-refractivity contribution < 1.29 is 9.53 Å². The molecule has 0 aliphatic heterocycles. The van der Waals surface area contributed by atoms with Crippen LogP contribution in [0.1, 0.15) is 36.6 Å². The summed E-state index contributed by atoms with van der Waals surface area (Å²) in [6.45, 7) is 3.99. The smallest absolute Gasteiger partial charge is 0.292 e. The average molecular weight is 400 g/mol. The molecule has 1 aliphatic carbocycles. The lowest BCUT2D eigenvalue weighted by Gasteiger charge is -2.17. The number of rotatable bonds is 4. The molecule has 150 valence electrons. The first-order chi connectivity index (χ1) is 14.6. The van der Waals surface area contributed by atoms with Gasteiger partial charge in [0.25, 0.3) is 5.56 Å². The van der Waals surface area contributed by atoms with Gasteiger partial charge in [0.1, 0.15) is 11.6 Å². The SMILES string of the molecule is CCOc1ccc(C2c3ccccc3-c3[nH]c(=O)c4ncc(NC(C)=O)n4c32)cc1. The van der Waals surface area contributed by atoms with E-state index in [0.29, 0.717) is 12.4 Å². The van der Waals surface area contributed by atoms with Gasteiger partial charge in [0.15, 0.2) is 0 Å². The zero-order valence-corrected chi connectivity index (χ0v) is 16.6. The van der Waals surface area contributed by atoms with E-state index >= 15 is 0 Å². The zero-order valence-electron chi connectivity index (χ0n) is 16.6. The number of H-pyrrole nitrogens is 1. The average Bonchev–Trinajstić information content (AvgIpc) is 3.28. The normalized spacial score (nSPS) is 14.4. The quantitative estimate of drug-likeness (QED) is 0.483. The van der Waals surface area contributed by atoms with Gasteiger partial charge in [0, 0.05) is 12.5 Å². The molecular formula is C23H20N4O3. The minimum atomic E-state index is -0.299. The third kappa shape index (κ3) is 2.70. The molecule has 0 bridgehead atoms. The van der Waals surface area contributed by atoms with E-state index in [9.17, 15) is 9.59 Å². The molecule has 0 saturated heterocycles. The van der Waals surface area contributed by atoms with E-state index in [-0.39, 0.29) is 23.0 Å². The number of aromatic amines is 1. The molecule has 30 heavy (non-hydrogen) atoms. The van der Waals surface area contributed by atoms with Crippen LogP contribution in [0.2, 0.25) is 0 Å². The molecule has 4 aromatic rings. The molecule has 1 aliphatic rings. The van der Waals surface area contributed by atoms with E-state index in [2.05, 4.69) is 21.4 Å². The van der Waals surface area contributed by atoms with Crippen molar-refractivity contribution in [2.24, 2.45) is 0 Å². The number of nitrogens with zero attached hydrogens (tertiary/aromatic N) is 2. The van der Waals surface area contributed by atoms with Gasteiger partial charge in [-0.2, -0.15) is 0 Å². The fraction of sp³-hybridized carbons (Fsp3) is 0.174. The molecule has 2 aromatic carbocycles. The van der Waals surface area contributed by atoms with E-state index in [1.54, 1.807) is 4.40 Å². The predicted molar refractivity (Wildman–Crippen MR) is 114 cm³/mol. The second kappa shape index (κ2) is 6.88. The summed E-state index contributed by atoms with van der Waals surface area (Å²) in [5, 5.41) is 2.80. The van der Waals surface area contributed by atoms with Crippen LogP contribution < -0.4 is 15.6 Å². The van der Waals surface area contributed by atoms with Crippen LogP contribution in [0.15, 0.2) is 59.5 Å². The van der Waals surface area contributed by atoms with Gasteiger partial charge in [0.05, 0.1) is 30.1 Å². The van der Waals surface area contributed by atoms with Crippen LogP contribution in [0.25, 0.3) is 16.9 Å². The largest absolute Gasteiger partial charge is 0.494 e. The summed E-state index contributed by atoms with van der Waals surface area (Å²) in [7, 11) is 0. The van der Waals surface area contributed by atoms with E-state index < -0.39 is 0 Å². The highest BCUT2D eigenvalue weighted by Crippen LogP contribution is 2.47. The number of carbonyl (C=O) groups is 1. The molecule has 2 heterocycles. The monoisotopic (exact) mass is 400 g/mol. The van der Waals surface area contributed by atoms with Crippen molar-refractivity contribution in [2.45, 2.75) is 19.8 Å². The predicted octanol–water partition coefficient (Wildman–Crippen LogP) is 3.54. The van der Waals surface area contributed by atoms with E-state index in [0.717, 1.165) is 33.8 Å². The summed E-state index contributed by atoms with van der Waals surface area (Å²) >= 11 is 0. The minimum Gasteiger partial charge on any atom is -0.494 e. The van der Waals surface area contributed by atoms with Crippen LogP contribution in [0.3, 0.4) is 0 Å². The van der Waals surface area contributed by atoms with E-state index in [1.165, 1.54) is 13.1 Å². The first kappa shape index (κ1) is 18.2. The Kier molecular flexibility index (Phi) is 4.17. The van der Waals surface area contributed by atoms with Crippen LogP contribution in [0, 0.1) is 0 Å². The van der Waals surface area contributed by atoms with E-state index in [1.807, 2.05) is 49.4 Å². The van der Waals surface area contributed by atoms with Crippen molar-refractivity contribution in [3.05, 3.63) is 81.9 Å². The molecule has 2 N–H and O–H groups in total. The fourth-order valence-corrected chi connectivity index (χ4v) is 4.23. The topological polar surface area (TPSA) is 88.5 Å². The van der Waals surface area contributed by atoms with Gasteiger partial charge in [-0.3, -0.25) is 14.0 Å². The number of carbonyl (C=O) groups excluding carboxylic acids is 1. The van der Waals surface area contributed by atoms with Crippen LogP contribution in [-0.2, 0) is 4.79 Å². The summed E-state index contributed by atoms with van der Waals surface area (Å²) in [6.07, 6.45) is 1.52. The third-order valence-corrected chi connectivity index (χ3v) is 5.34. The highest BCUT2D eigenvalue weighted by molar-refractivity contribution is 5.89. The van der Waals surface area contributed by atoms with Crippen molar-refractivity contribution in [2.75, 3.05) is 11.9 Å². The Hall–Kier alpha value is -3.87. The maximum absolute atomic E-state index is 12.7. The summed E-state index contributed by atoms with van der Waals surface area (Å²) in [6, 6.07) is 16.0. The van der Waals surface area contributed by atoms with Crippen LogP contribution in [-0.4, -0.2) is 26.9 Å².